The van der Waals surface area contributed by atoms with Crippen LogP contribution in [0.25, 0.3) is 0 Å². The number of benzene rings is 2. The van der Waals surface area contributed by atoms with Crippen molar-refractivity contribution in [1.29, 1.82) is 0 Å². The Morgan fingerprint density at radius 1 is 0.875 bits per heavy atom. The third-order valence-corrected chi connectivity index (χ3v) is 5.39. The number of nitrogens with one attached hydrogen (secondary N) is 1. The largest absolute Gasteiger partial charge is 0.489 e. The van der Waals surface area contributed by atoms with E-state index in [4.69, 9.17) is 28.4 Å². The van der Waals surface area contributed by atoms with Crippen LogP contribution in [-0.4, -0.2) is 82.0 Å². The topological polar surface area (TPSA) is 154 Å². The van der Waals surface area contributed by atoms with Crippen molar-refractivity contribution in [3.05, 3.63) is 62.2 Å². The van der Waals surface area contributed by atoms with E-state index >= 15 is 0 Å². The van der Waals surface area contributed by atoms with Gasteiger partial charge in [-0.15, -0.1) is 0 Å². The van der Waals surface area contributed by atoms with Gasteiger partial charge in [-0.05, 0) is 12.1 Å². The van der Waals surface area contributed by atoms with Crippen molar-refractivity contribution in [2.45, 2.75) is 12.3 Å². The lowest BCUT2D eigenvalue weighted by Gasteiger charge is -2.21. The van der Waals surface area contributed by atoms with Gasteiger partial charge in [-0.2, -0.15) is 13.2 Å². The molecule has 3 rings (SSSR count). The first-order chi connectivity index (χ1) is 19.2. The summed E-state index contributed by atoms with van der Waals surface area (Å²) in [6, 6.07) is 6.51. The number of hydrogen-bond acceptors (Lipinski definition) is 11. The first kappa shape index (κ1) is 31.0. The highest BCUT2D eigenvalue weighted by molar-refractivity contribution is 5.78. The number of hydrogen-bond donors (Lipinski definition) is 1. The molecule has 1 atom stereocenters. The number of anilines is 2. The van der Waals surface area contributed by atoms with Gasteiger partial charge in [-0.25, -0.2) is 0 Å². The average Bonchev–Trinajstić information content (AvgIpc) is 2.91. The summed E-state index contributed by atoms with van der Waals surface area (Å²) in [5.74, 6) is 0.0551. The van der Waals surface area contributed by atoms with Gasteiger partial charge >= 0.3 is 6.18 Å². The maximum Gasteiger partial charge on any atom is 0.418 e. The number of rotatable bonds is 7. The highest BCUT2D eigenvalue weighted by atomic mass is 19.4. The van der Waals surface area contributed by atoms with E-state index in [1.165, 1.54) is 18.2 Å². The Morgan fingerprint density at radius 3 is 2.08 bits per heavy atom. The summed E-state index contributed by atoms with van der Waals surface area (Å²) < 4.78 is 74.8. The summed E-state index contributed by atoms with van der Waals surface area (Å²) in [5, 5.41) is 25.1. The first-order valence-corrected chi connectivity index (χ1v) is 12.1. The molecule has 0 aromatic heterocycles. The van der Waals surface area contributed by atoms with E-state index in [0.29, 0.717) is 39.1 Å². The summed E-state index contributed by atoms with van der Waals surface area (Å²) in [6.45, 7) is 2.72. The quantitative estimate of drug-likeness (QED) is 0.375. The van der Waals surface area contributed by atoms with E-state index in [1.807, 2.05) is 0 Å². The van der Waals surface area contributed by atoms with Crippen LogP contribution >= 0.6 is 0 Å². The average molecular weight is 575 g/mol. The Bertz CT molecular complexity index is 1120. The molecule has 13 nitrogen and oxygen atoms in total. The monoisotopic (exact) mass is 575 g/mol. The zero-order valence-electron chi connectivity index (χ0n) is 21.2. The molecule has 1 unspecified atom stereocenters. The van der Waals surface area contributed by atoms with E-state index in [9.17, 15) is 33.4 Å². The minimum absolute atomic E-state index is 0.0419. The fourth-order valence-corrected chi connectivity index (χ4v) is 3.52. The lowest BCUT2D eigenvalue weighted by Crippen LogP contribution is -2.29. The van der Waals surface area contributed by atoms with Gasteiger partial charge < -0.3 is 33.7 Å². The number of nitro benzene ring substituents is 2. The molecule has 220 valence electrons. The fourth-order valence-electron chi connectivity index (χ4n) is 3.52. The van der Waals surface area contributed by atoms with Gasteiger partial charge in [-0.1, -0.05) is 12.1 Å². The summed E-state index contributed by atoms with van der Waals surface area (Å²) >= 11 is 0. The second-order valence-electron chi connectivity index (χ2n) is 8.24. The van der Waals surface area contributed by atoms with Crippen molar-refractivity contribution in [1.82, 2.24) is 0 Å². The summed E-state index contributed by atoms with van der Waals surface area (Å²) in [5.41, 5.74) is -4.77. The highest BCUT2D eigenvalue weighted by Gasteiger charge is 2.40. The molecule has 0 spiro atoms. The highest BCUT2D eigenvalue weighted by Crippen LogP contribution is 2.44. The van der Waals surface area contributed by atoms with Gasteiger partial charge in [0.1, 0.15) is 24.1 Å². The Hall–Kier alpha value is -3.57. The van der Waals surface area contributed by atoms with E-state index in [1.54, 1.807) is 6.07 Å². The molecular formula is C24H28F3N3O10. The van der Waals surface area contributed by atoms with Crippen molar-refractivity contribution in [3.8, 4) is 5.75 Å². The molecular weight excluding hydrogens is 547 g/mol. The number of ether oxygens (including phenoxy) is 6. The minimum Gasteiger partial charge on any atom is -0.489 e. The standard InChI is InChI=1S/C24H28F3N3O10/c25-24(26,27)19-13-17(29(31)32)14-21(30(33)34)23(19)28-20-3-1-2-4-22(20)40-16-18-15-38-10-9-36-6-5-35-7-8-37-11-12-39-18/h1-4,13-14,18,28H,5-12,15-16H2. The van der Waals surface area contributed by atoms with Crippen molar-refractivity contribution in [2.75, 3.05) is 71.4 Å². The van der Waals surface area contributed by atoms with Gasteiger partial charge in [0.2, 0.25) is 0 Å². The van der Waals surface area contributed by atoms with Gasteiger partial charge in [0.05, 0.1) is 86.6 Å². The molecule has 1 N–H and O–H groups in total. The predicted octanol–water partition coefficient (Wildman–Crippen LogP) is 4.11. The number of nitrogens with zero attached hydrogens (tertiary/aromatic N) is 2. The Balaban J connectivity index is 1.79. The maximum absolute atomic E-state index is 13.8. The smallest absolute Gasteiger partial charge is 0.418 e. The first-order valence-electron chi connectivity index (χ1n) is 12.1. The molecule has 0 saturated carbocycles. The molecule has 40 heavy (non-hydrogen) atoms. The zero-order chi connectivity index (χ0) is 29.0. The Morgan fingerprint density at radius 2 is 1.48 bits per heavy atom. The summed E-state index contributed by atoms with van der Waals surface area (Å²) in [7, 11) is 0. The molecule has 1 aliphatic rings. The van der Waals surface area contributed by atoms with Gasteiger partial charge in [-0.3, -0.25) is 20.2 Å². The maximum atomic E-state index is 13.8. The van der Waals surface area contributed by atoms with E-state index in [-0.39, 0.29) is 50.5 Å². The van der Waals surface area contributed by atoms with Crippen LogP contribution in [0.1, 0.15) is 5.56 Å². The van der Waals surface area contributed by atoms with Crippen LogP contribution in [0.15, 0.2) is 36.4 Å². The molecule has 1 fully saturated rings. The van der Waals surface area contributed by atoms with Crippen molar-refractivity contribution in [3.63, 3.8) is 0 Å². The van der Waals surface area contributed by atoms with Crippen LogP contribution in [0.2, 0.25) is 0 Å². The zero-order valence-corrected chi connectivity index (χ0v) is 21.2. The second kappa shape index (κ2) is 15.3. The molecule has 0 amide bonds. The van der Waals surface area contributed by atoms with Crippen LogP contribution in [-0.2, 0) is 29.9 Å². The van der Waals surface area contributed by atoms with Gasteiger partial charge in [0, 0.05) is 6.07 Å². The van der Waals surface area contributed by atoms with Gasteiger partial charge in [0.25, 0.3) is 11.4 Å². The molecule has 1 aliphatic heterocycles. The number of alkyl halides is 3. The summed E-state index contributed by atoms with van der Waals surface area (Å²) in [4.78, 5) is 20.4. The van der Waals surface area contributed by atoms with Crippen molar-refractivity contribution < 1.29 is 51.4 Å². The third-order valence-electron chi connectivity index (χ3n) is 5.39. The summed E-state index contributed by atoms with van der Waals surface area (Å²) in [6.07, 6.45) is -5.74. The van der Waals surface area contributed by atoms with Crippen LogP contribution < -0.4 is 10.1 Å². The Labute approximate surface area is 226 Å². The number of para-hydroxylation sites is 2. The molecule has 0 radical (unpaired) electrons. The predicted molar refractivity (Wildman–Crippen MR) is 133 cm³/mol. The molecule has 0 aliphatic carbocycles. The molecule has 1 saturated heterocycles. The van der Waals surface area contributed by atoms with Crippen molar-refractivity contribution >= 4 is 22.7 Å². The van der Waals surface area contributed by atoms with E-state index in [0.717, 1.165) is 0 Å². The van der Waals surface area contributed by atoms with E-state index < -0.39 is 44.8 Å². The lowest BCUT2D eigenvalue weighted by atomic mass is 10.1. The number of non-ortho nitro benzene ring substituents is 1. The fraction of sp³-hybridized carbons (Fsp3) is 0.500. The number of halogens is 3. The van der Waals surface area contributed by atoms with Crippen molar-refractivity contribution in [2.24, 2.45) is 0 Å². The SMILES string of the molecule is O=[N+]([O-])c1cc([N+](=O)[O-])c(Nc2ccccc2OCC2COCCOCCOCCOCCO2)c(C(F)(F)F)c1. The Kier molecular flexibility index (Phi) is 11.8. The molecule has 2 aromatic carbocycles. The van der Waals surface area contributed by atoms with Gasteiger partial charge in [0.15, 0.2) is 0 Å². The molecule has 1 heterocycles. The normalized spacial score (nSPS) is 18.2. The second-order valence-corrected chi connectivity index (χ2v) is 8.24. The lowest BCUT2D eigenvalue weighted by molar-refractivity contribution is -0.394. The van der Waals surface area contributed by atoms with Crippen LogP contribution in [0.3, 0.4) is 0 Å². The minimum atomic E-state index is -5.14. The van der Waals surface area contributed by atoms with Crippen LogP contribution in [0, 0.1) is 20.2 Å². The van der Waals surface area contributed by atoms with Crippen LogP contribution in [0.5, 0.6) is 5.75 Å². The van der Waals surface area contributed by atoms with Crippen LogP contribution in [0.4, 0.5) is 35.9 Å². The van der Waals surface area contributed by atoms with E-state index in [2.05, 4.69) is 5.32 Å². The molecule has 0 bridgehead atoms. The molecule has 16 heteroatoms. The third kappa shape index (κ3) is 9.56. The number of nitro groups is 2. The molecule has 2 aromatic rings.